The normalized spacial score (nSPS) is 14.4. The number of aryl methyl sites for hydroxylation is 1. The molecular formula is C13H24N4O. The van der Waals surface area contributed by atoms with Gasteiger partial charge >= 0.3 is 0 Å². The van der Waals surface area contributed by atoms with E-state index in [0.29, 0.717) is 24.3 Å². The van der Waals surface area contributed by atoms with Gasteiger partial charge in [-0.1, -0.05) is 6.92 Å². The molecule has 0 saturated heterocycles. The summed E-state index contributed by atoms with van der Waals surface area (Å²) in [5.41, 5.74) is 6.53. The summed E-state index contributed by atoms with van der Waals surface area (Å²) in [4.78, 5) is 8.70. The molecule has 0 aliphatic heterocycles. The maximum absolute atomic E-state index is 5.65. The molecule has 0 amide bonds. The first-order valence-electron chi connectivity index (χ1n) is 6.41. The lowest BCUT2D eigenvalue weighted by Gasteiger charge is -2.20. The molecule has 0 aliphatic carbocycles. The van der Waals surface area contributed by atoms with Crippen LogP contribution >= 0.6 is 0 Å². The Morgan fingerprint density at radius 3 is 2.50 bits per heavy atom. The molecule has 5 heteroatoms. The Balaban J connectivity index is 2.79. The molecule has 18 heavy (non-hydrogen) atoms. The smallest absolute Gasteiger partial charge is 0.226 e. The molecule has 2 unspecified atom stereocenters. The van der Waals surface area contributed by atoms with Gasteiger partial charge in [-0.3, -0.25) is 0 Å². The van der Waals surface area contributed by atoms with Crippen LogP contribution in [0, 0.1) is 12.8 Å². The second-order valence-electron chi connectivity index (χ2n) is 4.98. The standard InChI is InChI=1S/C13H24N4O/c1-8(2)18-12-6-10(4)15-13(17-12)16-11(5)9(3)7-14/h6,8-9,11H,7,14H2,1-5H3,(H,15,16,17). The number of nitrogens with one attached hydrogen (secondary N) is 1. The van der Waals surface area contributed by atoms with Crippen molar-refractivity contribution in [3.8, 4) is 5.88 Å². The summed E-state index contributed by atoms with van der Waals surface area (Å²) >= 11 is 0. The third kappa shape index (κ3) is 4.49. The van der Waals surface area contributed by atoms with Gasteiger partial charge in [0.25, 0.3) is 0 Å². The fourth-order valence-corrected chi connectivity index (χ4v) is 1.46. The second-order valence-corrected chi connectivity index (χ2v) is 4.98. The van der Waals surface area contributed by atoms with Crippen LogP contribution in [0.15, 0.2) is 6.07 Å². The Morgan fingerprint density at radius 2 is 1.94 bits per heavy atom. The lowest BCUT2D eigenvalue weighted by molar-refractivity contribution is 0.232. The van der Waals surface area contributed by atoms with Crippen LogP contribution in [0.2, 0.25) is 0 Å². The molecule has 3 N–H and O–H groups in total. The van der Waals surface area contributed by atoms with Crippen molar-refractivity contribution < 1.29 is 4.74 Å². The van der Waals surface area contributed by atoms with Crippen LogP contribution in [0.25, 0.3) is 0 Å². The Bertz CT molecular complexity index is 381. The minimum Gasteiger partial charge on any atom is -0.475 e. The summed E-state index contributed by atoms with van der Waals surface area (Å²) in [5, 5.41) is 3.26. The highest BCUT2D eigenvalue weighted by molar-refractivity contribution is 5.31. The van der Waals surface area contributed by atoms with Crippen LogP contribution in [0.1, 0.15) is 33.4 Å². The molecule has 0 aliphatic rings. The van der Waals surface area contributed by atoms with Crippen molar-refractivity contribution in [2.75, 3.05) is 11.9 Å². The summed E-state index contributed by atoms with van der Waals surface area (Å²) in [6.45, 7) is 10.7. The van der Waals surface area contributed by atoms with E-state index in [2.05, 4.69) is 29.1 Å². The van der Waals surface area contributed by atoms with Gasteiger partial charge in [0.15, 0.2) is 0 Å². The molecule has 0 bridgehead atoms. The van der Waals surface area contributed by atoms with Crippen molar-refractivity contribution in [1.29, 1.82) is 0 Å². The third-order valence-electron chi connectivity index (χ3n) is 2.77. The van der Waals surface area contributed by atoms with Gasteiger partial charge in [0, 0.05) is 17.8 Å². The largest absolute Gasteiger partial charge is 0.475 e. The Hall–Kier alpha value is -1.36. The molecule has 102 valence electrons. The zero-order chi connectivity index (χ0) is 13.7. The lowest BCUT2D eigenvalue weighted by atomic mass is 10.0. The molecule has 0 fully saturated rings. The molecule has 0 spiro atoms. The van der Waals surface area contributed by atoms with Crippen LogP contribution in [-0.4, -0.2) is 28.7 Å². The van der Waals surface area contributed by atoms with Gasteiger partial charge < -0.3 is 15.8 Å². The van der Waals surface area contributed by atoms with Gasteiger partial charge in [0.2, 0.25) is 11.8 Å². The number of aromatic nitrogens is 2. The number of rotatable bonds is 6. The van der Waals surface area contributed by atoms with Gasteiger partial charge in [-0.05, 0) is 40.2 Å². The lowest BCUT2D eigenvalue weighted by Crippen LogP contribution is -2.30. The zero-order valence-corrected chi connectivity index (χ0v) is 11.9. The molecule has 1 aromatic heterocycles. The van der Waals surface area contributed by atoms with Crippen molar-refractivity contribution in [1.82, 2.24) is 9.97 Å². The maximum Gasteiger partial charge on any atom is 0.226 e. The van der Waals surface area contributed by atoms with E-state index in [-0.39, 0.29) is 12.1 Å². The first-order valence-corrected chi connectivity index (χ1v) is 6.41. The van der Waals surface area contributed by atoms with Crippen molar-refractivity contribution >= 4 is 5.95 Å². The molecule has 2 atom stereocenters. The summed E-state index contributed by atoms with van der Waals surface area (Å²) in [6, 6.07) is 2.06. The van der Waals surface area contributed by atoms with E-state index in [1.807, 2.05) is 26.8 Å². The quantitative estimate of drug-likeness (QED) is 0.809. The minimum atomic E-state index is 0.104. The molecule has 0 aromatic carbocycles. The summed E-state index contributed by atoms with van der Waals surface area (Å²) in [5.74, 6) is 1.56. The predicted octanol–water partition coefficient (Wildman–Crippen LogP) is 1.97. The van der Waals surface area contributed by atoms with Crippen molar-refractivity contribution in [3.05, 3.63) is 11.8 Å². The molecule has 0 radical (unpaired) electrons. The van der Waals surface area contributed by atoms with Crippen molar-refractivity contribution in [2.24, 2.45) is 11.7 Å². The summed E-state index contributed by atoms with van der Waals surface area (Å²) in [7, 11) is 0. The first kappa shape index (κ1) is 14.7. The van der Waals surface area contributed by atoms with Gasteiger partial charge in [0.1, 0.15) is 0 Å². The van der Waals surface area contributed by atoms with E-state index in [9.17, 15) is 0 Å². The van der Waals surface area contributed by atoms with E-state index >= 15 is 0 Å². The van der Waals surface area contributed by atoms with E-state index in [4.69, 9.17) is 10.5 Å². The Kier molecular flexibility index (Phi) is 5.34. The number of anilines is 1. The van der Waals surface area contributed by atoms with Crippen LogP contribution in [0.3, 0.4) is 0 Å². The topological polar surface area (TPSA) is 73.1 Å². The number of hydrogen-bond acceptors (Lipinski definition) is 5. The van der Waals surface area contributed by atoms with Crippen LogP contribution in [0.4, 0.5) is 5.95 Å². The average molecular weight is 252 g/mol. The van der Waals surface area contributed by atoms with Crippen LogP contribution in [-0.2, 0) is 0 Å². The van der Waals surface area contributed by atoms with E-state index in [1.54, 1.807) is 0 Å². The second kappa shape index (κ2) is 6.54. The van der Waals surface area contributed by atoms with Crippen LogP contribution in [0.5, 0.6) is 5.88 Å². The predicted molar refractivity (Wildman–Crippen MR) is 73.8 cm³/mol. The highest BCUT2D eigenvalue weighted by Crippen LogP contribution is 2.15. The van der Waals surface area contributed by atoms with E-state index in [1.165, 1.54) is 0 Å². The number of hydrogen-bond donors (Lipinski definition) is 2. The fourth-order valence-electron chi connectivity index (χ4n) is 1.46. The van der Waals surface area contributed by atoms with E-state index in [0.717, 1.165) is 5.69 Å². The third-order valence-corrected chi connectivity index (χ3v) is 2.77. The fraction of sp³-hybridized carbons (Fsp3) is 0.692. The zero-order valence-electron chi connectivity index (χ0n) is 11.9. The Morgan fingerprint density at radius 1 is 1.28 bits per heavy atom. The van der Waals surface area contributed by atoms with Crippen molar-refractivity contribution in [3.63, 3.8) is 0 Å². The van der Waals surface area contributed by atoms with Gasteiger partial charge in [-0.15, -0.1) is 0 Å². The summed E-state index contributed by atoms with van der Waals surface area (Å²) < 4.78 is 5.59. The SMILES string of the molecule is Cc1cc(OC(C)C)nc(NC(C)C(C)CN)n1. The van der Waals surface area contributed by atoms with Crippen molar-refractivity contribution in [2.45, 2.75) is 46.8 Å². The first-order chi connectivity index (χ1) is 8.42. The Labute approximate surface area is 109 Å². The molecule has 0 saturated carbocycles. The minimum absolute atomic E-state index is 0.104. The van der Waals surface area contributed by atoms with E-state index < -0.39 is 0 Å². The average Bonchev–Trinajstić information content (AvgIpc) is 2.25. The molecule has 5 nitrogen and oxygen atoms in total. The van der Waals surface area contributed by atoms with Crippen LogP contribution < -0.4 is 15.8 Å². The number of nitrogens with zero attached hydrogens (tertiary/aromatic N) is 2. The van der Waals surface area contributed by atoms with Gasteiger partial charge in [0.05, 0.1) is 6.10 Å². The highest BCUT2D eigenvalue weighted by atomic mass is 16.5. The number of ether oxygens (including phenoxy) is 1. The van der Waals surface area contributed by atoms with Gasteiger partial charge in [-0.25, -0.2) is 4.98 Å². The molecule has 1 aromatic rings. The molecule has 1 rings (SSSR count). The highest BCUT2D eigenvalue weighted by Gasteiger charge is 2.12. The molecule has 1 heterocycles. The summed E-state index contributed by atoms with van der Waals surface area (Å²) in [6.07, 6.45) is 0.104. The number of nitrogens with two attached hydrogens (primary N) is 1. The monoisotopic (exact) mass is 252 g/mol. The molecular weight excluding hydrogens is 228 g/mol. The maximum atomic E-state index is 5.65. The van der Waals surface area contributed by atoms with Gasteiger partial charge in [-0.2, -0.15) is 4.98 Å².